The molecule has 0 aromatic rings. The zero-order chi connectivity index (χ0) is 12.6. The Balaban J connectivity index is 2.42. The lowest BCUT2D eigenvalue weighted by Gasteiger charge is -2.38. The van der Waals surface area contributed by atoms with Crippen LogP contribution < -0.4 is 5.32 Å². The summed E-state index contributed by atoms with van der Waals surface area (Å²) in [6.45, 7) is 13.3. The Kier molecular flexibility index (Phi) is 7.14. The van der Waals surface area contributed by atoms with Crippen molar-refractivity contribution in [2.24, 2.45) is 5.41 Å². The number of unbranched alkanes of at least 4 members (excludes halogenated alkanes) is 2. The third kappa shape index (κ3) is 5.87. The third-order valence-corrected chi connectivity index (χ3v) is 4.08. The van der Waals surface area contributed by atoms with E-state index in [1.54, 1.807) is 0 Å². The Bertz CT molecular complexity index is 177. The lowest BCUT2D eigenvalue weighted by molar-refractivity contribution is 0.127. The average Bonchev–Trinajstić information content (AvgIpc) is 2.35. The van der Waals surface area contributed by atoms with Crippen LogP contribution in [-0.2, 0) is 0 Å². The minimum Gasteiger partial charge on any atom is -0.314 e. The Morgan fingerprint density at radius 1 is 1.00 bits per heavy atom. The van der Waals surface area contributed by atoms with Crippen molar-refractivity contribution >= 4 is 0 Å². The number of nitrogens with zero attached hydrogens (tertiary/aromatic N) is 1. The molecule has 0 saturated carbocycles. The van der Waals surface area contributed by atoms with Crippen molar-refractivity contribution in [3.63, 3.8) is 0 Å². The van der Waals surface area contributed by atoms with Crippen LogP contribution in [0.25, 0.3) is 0 Å². The zero-order valence-corrected chi connectivity index (χ0v) is 12.2. The molecule has 0 radical (unpaired) electrons. The van der Waals surface area contributed by atoms with Gasteiger partial charge in [-0.3, -0.25) is 0 Å². The SMILES string of the molecule is CCCCC(C)(CCCC)CN1CCNCC1. The highest BCUT2D eigenvalue weighted by Crippen LogP contribution is 2.31. The smallest absolute Gasteiger partial charge is 0.0108 e. The van der Waals surface area contributed by atoms with Crippen LogP contribution in [0.5, 0.6) is 0 Å². The largest absolute Gasteiger partial charge is 0.314 e. The van der Waals surface area contributed by atoms with Crippen LogP contribution in [0.15, 0.2) is 0 Å². The van der Waals surface area contributed by atoms with Gasteiger partial charge in [0.25, 0.3) is 0 Å². The van der Waals surface area contributed by atoms with E-state index in [1.165, 1.54) is 71.2 Å². The molecule has 0 unspecified atom stereocenters. The molecule has 0 atom stereocenters. The van der Waals surface area contributed by atoms with Crippen LogP contribution in [0.2, 0.25) is 0 Å². The van der Waals surface area contributed by atoms with E-state index in [-0.39, 0.29) is 0 Å². The lowest BCUT2D eigenvalue weighted by atomic mass is 9.79. The van der Waals surface area contributed by atoms with Gasteiger partial charge in [0.15, 0.2) is 0 Å². The first-order chi connectivity index (χ1) is 8.20. The number of rotatable bonds is 8. The van der Waals surface area contributed by atoms with Gasteiger partial charge in [0, 0.05) is 32.7 Å². The van der Waals surface area contributed by atoms with E-state index < -0.39 is 0 Å². The molecule has 1 aliphatic rings. The number of piperazine rings is 1. The monoisotopic (exact) mass is 240 g/mol. The minimum atomic E-state index is 0.559. The summed E-state index contributed by atoms with van der Waals surface area (Å²) in [7, 11) is 0. The molecule has 1 heterocycles. The van der Waals surface area contributed by atoms with Crippen LogP contribution in [-0.4, -0.2) is 37.6 Å². The topological polar surface area (TPSA) is 15.3 Å². The molecule has 0 bridgehead atoms. The van der Waals surface area contributed by atoms with Gasteiger partial charge in [-0.05, 0) is 18.3 Å². The van der Waals surface area contributed by atoms with E-state index in [4.69, 9.17) is 0 Å². The fraction of sp³-hybridized carbons (Fsp3) is 1.00. The molecule has 1 rings (SSSR count). The Morgan fingerprint density at radius 2 is 1.53 bits per heavy atom. The van der Waals surface area contributed by atoms with Crippen molar-refractivity contribution < 1.29 is 0 Å². The molecule has 102 valence electrons. The third-order valence-electron chi connectivity index (χ3n) is 4.08. The molecule has 2 nitrogen and oxygen atoms in total. The number of hydrogen-bond acceptors (Lipinski definition) is 2. The molecule has 2 heteroatoms. The summed E-state index contributed by atoms with van der Waals surface area (Å²) in [6.07, 6.45) is 8.28. The van der Waals surface area contributed by atoms with Crippen LogP contribution >= 0.6 is 0 Å². The first kappa shape index (κ1) is 15.0. The Morgan fingerprint density at radius 3 is 2.00 bits per heavy atom. The molecular weight excluding hydrogens is 208 g/mol. The van der Waals surface area contributed by atoms with E-state index in [0.717, 1.165) is 0 Å². The fourth-order valence-corrected chi connectivity index (χ4v) is 2.90. The summed E-state index contributed by atoms with van der Waals surface area (Å²) in [6, 6.07) is 0. The normalized spacial score (nSPS) is 18.5. The summed E-state index contributed by atoms with van der Waals surface area (Å²) in [5, 5.41) is 3.45. The summed E-state index contributed by atoms with van der Waals surface area (Å²) >= 11 is 0. The second-order valence-corrected chi connectivity index (χ2v) is 6.04. The van der Waals surface area contributed by atoms with Crippen LogP contribution in [0.4, 0.5) is 0 Å². The van der Waals surface area contributed by atoms with Gasteiger partial charge in [0.05, 0.1) is 0 Å². The standard InChI is InChI=1S/C15H32N2/c1-4-6-8-15(3,9-7-5-2)14-17-12-10-16-11-13-17/h16H,4-14H2,1-3H3. The van der Waals surface area contributed by atoms with Gasteiger partial charge < -0.3 is 10.2 Å². The fourth-order valence-electron chi connectivity index (χ4n) is 2.90. The molecular formula is C15H32N2. The van der Waals surface area contributed by atoms with Crippen LogP contribution in [0, 0.1) is 5.41 Å². The van der Waals surface area contributed by atoms with Gasteiger partial charge in [-0.2, -0.15) is 0 Å². The van der Waals surface area contributed by atoms with Gasteiger partial charge in [-0.1, -0.05) is 46.5 Å². The maximum Gasteiger partial charge on any atom is 0.0108 e. The van der Waals surface area contributed by atoms with Gasteiger partial charge >= 0.3 is 0 Å². The second-order valence-electron chi connectivity index (χ2n) is 6.04. The van der Waals surface area contributed by atoms with Crippen molar-refractivity contribution in [2.45, 2.75) is 59.3 Å². The highest BCUT2D eigenvalue weighted by molar-refractivity contribution is 4.80. The first-order valence-electron chi connectivity index (χ1n) is 7.63. The molecule has 1 aliphatic heterocycles. The molecule has 1 fully saturated rings. The van der Waals surface area contributed by atoms with Crippen molar-refractivity contribution in [3.8, 4) is 0 Å². The highest BCUT2D eigenvalue weighted by Gasteiger charge is 2.26. The molecule has 0 aromatic heterocycles. The van der Waals surface area contributed by atoms with Gasteiger partial charge in [0.1, 0.15) is 0 Å². The van der Waals surface area contributed by atoms with Crippen molar-refractivity contribution in [2.75, 3.05) is 32.7 Å². The number of nitrogens with one attached hydrogen (secondary N) is 1. The summed E-state index contributed by atoms with van der Waals surface area (Å²) in [4.78, 5) is 2.67. The van der Waals surface area contributed by atoms with Gasteiger partial charge in [-0.15, -0.1) is 0 Å². The van der Waals surface area contributed by atoms with Gasteiger partial charge in [-0.25, -0.2) is 0 Å². The second kappa shape index (κ2) is 8.10. The molecule has 0 amide bonds. The van der Waals surface area contributed by atoms with Crippen LogP contribution in [0.1, 0.15) is 59.3 Å². The molecule has 1 saturated heterocycles. The molecule has 0 aliphatic carbocycles. The van der Waals surface area contributed by atoms with E-state index in [1.807, 2.05) is 0 Å². The predicted molar refractivity (Wildman–Crippen MR) is 76.5 cm³/mol. The average molecular weight is 240 g/mol. The summed E-state index contributed by atoms with van der Waals surface area (Å²) in [5.41, 5.74) is 0.559. The van der Waals surface area contributed by atoms with Gasteiger partial charge in [0.2, 0.25) is 0 Å². The van der Waals surface area contributed by atoms with Crippen molar-refractivity contribution in [3.05, 3.63) is 0 Å². The van der Waals surface area contributed by atoms with Crippen molar-refractivity contribution in [1.29, 1.82) is 0 Å². The van der Waals surface area contributed by atoms with Crippen LogP contribution in [0.3, 0.4) is 0 Å². The van der Waals surface area contributed by atoms with E-state index in [0.29, 0.717) is 5.41 Å². The predicted octanol–water partition coefficient (Wildman–Crippen LogP) is 3.28. The zero-order valence-electron chi connectivity index (χ0n) is 12.2. The van der Waals surface area contributed by atoms with Crippen molar-refractivity contribution in [1.82, 2.24) is 10.2 Å². The highest BCUT2D eigenvalue weighted by atomic mass is 15.2. The minimum absolute atomic E-state index is 0.559. The molecule has 1 N–H and O–H groups in total. The molecule has 0 spiro atoms. The summed E-state index contributed by atoms with van der Waals surface area (Å²) in [5.74, 6) is 0. The molecule has 0 aromatic carbocycles. The van der Waals surface area contributed by atoms with E-state index in [2.05, 4.69) is 31.0 Å². The molecule has 17 heavy (non-hydrogen) atoms. The van der Waals surface area contributed by atoms with E-state index >= 15 is 0 Å². The summed E-state index contributed by atoms with van der Waals surface area (Å²) < 4.78 is 0. The maximum absolute atomic E-state index is 3.45. The first-order valence-corrected chi connectivity index (χ1v) is 7.63. The number of hydrogen-bond donors (Lipinski definition) is 1. The Labute approximate surface area is 108 Å². The maximum atomic E-state index is 3.45. The van der Waals surface area contributed by atoms with E-state index in [9.17, 15) is 0 Å². The Hall–Kier alpha value is -0.0800. The lowest BCUT2D eigenvalue weighted by Crippen LogP contribution is -2.47. The quantitative estimate of drug-likeness (QED) is 0.700.